The summed E-state index contributed by atoms with van der Waals surface area (Å²) in [6, 6.07) is 18.0. The summed E-state index contributed by atoms with van der Waals surface area (Å²) in [5, 5.41) is 11.1. The first-order chi connectivity index (χ1) is 15.5. The molecule has 162 valence electrons. The number of aromatic nitrogens is 1. The number of benzene rings is 2. The number of nitrogens with zero attached hydrogens (tertiary/aromatic N) is 2. The van der Waals surface area contributed by atoms with E-state index in [0.717, 1.165) is 0 Å². The molecule has 1 amide bonds. The van der Waals surface area contributed by atoms with Gasteiger partial charge in [-0.05, 0) is 48.9 Å². The van der Waals surface area contributed by atoms with E-state index in [4.69, 9.17) is 9.47 Å². The third-order valence-corrected chi connectivity index (χ3v) is 5.19. The maximum Gasteiger partial charge on any atom is 0.301 e. The highest BCUT2D eigenvalue weighted by atomic mass is 16.5. The van der Waals surface area contributed by atoms with Crippen LogP contribution in [0.4, 0.5) is 5.82 Å². The number of ether oxygens (including phenoxy) is 2. The number of Topliss-reactive ketones (excluding diaryl/α,β-unsaturated/α-hetero) is 1. The van der Waals surface area contributed by atoms with Gasteiger partial charge in [0.2, 0.25) is 0 Å². The highest BCUT2D eigenvalue weighted by Crippen LogP contribution is 2.42. The number of carbonyl (C=O) groups is 2. The lowest BCUT2D eigenvalue weighted by molar-refractivity contribution is -0.132. The predicted molar refractivity (Wildman–Crippen MR) is 120 cm³/mol. The van der Waals surface area contributed by atoms with Crippen LogP contribution in [-0.2, 0) is 9.59 Å². The van der Waals surface area contributed by atoms with Crippen molar-refractivity contribution in [1.82, 2.24) is 4.98 Å². The fourth-order valence-corrected chi connectivity index (χ4v) is 3.72. The highest BCUT2D eigenvalue weighted by Gasteiger charge is 2.47. The quantitative estimate of drug-likeness (QED) is 0.360. The molecule has 0 unspecified atom stereocenters. The Balaban J connectivity index is 1.90. The van der Waals surface area contributed by atoms with Crippen molar-refractivity contribution in [2.45, 2.75) is 13.0 Å². The molecule has 1 atom stereocenters. The number of anilines is 1. The smallest absolute Gasteiger partial charge is 0.301 e. The monoisotopic (exact) mass is 430 g/mol. The zero-order valence-electron chi connectivity index (χ0n) is 17.7. The van der Waals surface area contributed by atoms with Gasteiger partial charge < -0.3 is 14.6 Å². The van der Waals surface area contributed by atoms with E-state index >= 15 is 0 Å². The Kier molecular flexibility index (Phi) is 5.89. The molecular formula is C25H22N2O5. The van der Waals surface area contributed by atoms with Crippen LogP contribution >= 0.6 is 0 Å². The van der Waals surface area contributed by atoms with Crippen molar-refractivity contribution in [3.8, 4) is 11.5 Å². The Morgan fingerprint density at radius 2 is 1.81 bits per heavy atom. The second kappa shape index (κ2) is 8.93. The van der Waals surface area contributed by atoms with Gasteiger partial charge in [0.15, 0.2) is 0 Å². The third-order valence-electron chi connectivity index (χ3n) is 5.19. The molecule has 2 aromatic carbocycles. The summed E-state index contributed by atoms with van der Waals surface area (Å²) in [5.41, 5.74) is 1.00. The number of carbonyl (C=O) groups excluding carboxylic acids is 2. The van der Waals surface area contributed by atoms with Crippen molar-refractivity contribution in [1.29, 1.82) is 0 Å². The van der Waals surface area contributed by atoms with Crippen LogP contribution in [-0.4, -0.2) is 35.5 Å². The molecule has 4 rings (SSSR count). The number of hydrogen-bond acceptors (Lipinski definition) is 6. The SMILES string of the molecule is CCOc1ccc([C@H]2/C(=C(\O)c3cccc(OC)c3)C(=O)C(=O)N2c2ccccn2)cc1. The fourth-order valence-electron chi connectivity index (χ4n) is 3.72. The summed E-state index contributed by atoms with van der Waals surface area (Å²) in [6.07, 6.45) is 1.55. The number of aliphatic hydroxyl groups excluding tert-OH is 1. The first-order valence-corrected chi connectivity index (χ1v) is 10.1. The van der Waals surface area contributed by atoms with Crippen molar-refractivity contribution in [2.75, 3.05) is 18.6 Å². The van der Waals surface area contributed by atoms with Crippen molar-refractivity contribution in [2.24, 2.45) is 0 Å². The maximum absolute atomic E-state index is 13.1. The van der Waals surface area contributed by atoms with Gasteiger partial charge in [0.05, 0.1) is 25.3 Å². The van der Waals surface area contributed by atoms with Gasteiger partial charge in [0.1, 0.15) is 23.1 Å². The first-order valence-electron chi connectivity index (χ1n) is 10.1. The number of pyridine rings is 1. The lowest BCUT2D eigenvalue weighted by atomic mass is 9.95. The van der Waals surface area contributed by atoms with Crippen molar-refractivity contribution < 1.29 is 24.2 Å². The van der Waals surface area contributed by atoms with E-state index in [-0.39, 0.29) is 11.3 Å². The molecule has 1 aliphatic heterocycles. The van der Waals surface area contributed by atoms with Crippen LogP contribution in [0, 0.1) is 0 Å². The van der Waals surface area contributed by atoms with Crippen LogP contribution in [0.15, 0.2) is 78.5 Å². The standard InChI is InChI=1S/C25H22N2O5/c1-3-32-18-12-10-16(11-13-18)22-21(23(28)17-7-6-8-19(15-17)31-2)24(29)25(30)27(22)20-9-4-5-14-26-20/h4-15,22,28H,3H2,1-2H3/b23-21+/t22-/m0/s1. The van der Waals surface area contributed by atoms with Crippen molar-refractivity contribution in [3.05, 3.63) is 89.6 Å². The Labute approximate surface area is 185 Å². The molecule has 2 heterocycles. The number of hydrogen-bond donors (Lipinski definition) is 1. The Hall–Kier alpha value is -4.13. The van der Waals surface area contributed by atoms with Gasteiger partial charge in [0.25, 0.3) is 5.78 Å². The second-order valence-electron chi connectivity index (χ2n) is 7.09. The van der Waals surface area contributed by atoms with E-state index in [2.05, 4.69) is 4.98 Å². The maximum atomic E-state index is 13.1. The molecule has 7 heteroatoms. The summed E-state index contributed by atoms with van der Waals surface area (Å²) in [5.74, 6) is -0.316. The average Bonchev–Trinajstić information content (AvgIpc) is 3.10. The van der Waals surface area contributed by atoms with Crippen molar-refractivity contribution >= 4 is 23.3 Å². The van der Waals surface area contributed by atoms with Crippen LogP contribution in [0.25, 0.3) is 5.76 Å². The van der Waals surface area contributed by atoms with Crippen LogP contribution in [0.5, 0.6) is 11.5 Å². The minimum absolute atomic E-state index is 0.0157. The number of aliphatic hydroxyl groups is 1. The van der Waals surface area contributed by atoms with Gasteiger partial charge >= 0.3 is 5.91 Å². The van der Waals surface area contributed by atoms with Crippen LogP contribution < -0.4 is 14.4 Å². The van der Waals surface area contributed by atoms with Gasteiger partial charge in [-0.2, -0.15) is 0 Å². The van der Waals surface area contributed by atoms with E-state index in [1.54, 1.807) is 72.9 Å². The predicted octanol–water partition coefficient (Wildman–Crippen LogP) is 4.12. The number of methoxy groups -OCH3 is 1. The number of amides is 1. The average molecular weight is 430 g/mol. The third kappa shape index (κ3) is 3.80. The zero-order valence-corrected chi connectivity index (χ0v) is 17.7. The normalized spacial score (nSPS) is 17.4. The first kappa shape index (κ1) is 21.1. The van der Waals surface area contributed by atoms with E-state index < -0.39 is 17.7 Å². The van der Waals surface area contributed by atoms with Gasteiger partial charge in [-0.25, -0.2) is 4.98 Å². The number of ketones is 1. The molecule has 1 fully saturated rings. The molecule has 1 N–H and O–H groups in total. The molecule has 0 saturated carbocycles. The molecule has 1 aliphatic rings. The van der Waals surface area contributed by atoms with Gasteiger partial charge in [0, 0.05) is 11.8 Å². The van der Waals surface area contributed by atoms with E-state index in [1.165, 1.54) is 12.0 Å². The fraction of sp³-hybridized carbons (Fsp3) is 0.160. The minimum atomic E-state index is -0.855. The van der Waals surface area contributed by atoms with Crippen LogP contribution in [0.3, 0.4) is 0 Å². The molecular weight excluding hydrogens is 408 g/mol. The highest BCUT2D eigenvalue weighted by molar-refractivity contribution is 6.51. The Morgan fingerprint density at radius 1 is 1.03 bits per heavy atom. The molecule has 3 aromatic rings. The second-order valence-corrected chi connectivity index (χ2v) is 7.09. The molecule has 1 saturated heterocycles. The van der Waals surface area contributed by atoms with Crippen LogP contribution in [0.2, 0.25) is 0 Å². The van der Waals surface area contributed by atoms with Gasteiger partial charge in [-0.1, -0.05) is 30.3 Å². The summed E-state index contributed by atoms with van der Waals surface area (Å²) in [6.45, 7) is 2.40. The molecule has 32 heavy (non-hydrogen) atoms. The Morgan fingerprint density at radius 3 is 2.47 bits per heavy atom. The molecule has 1 aromatic heterocycles. The molecule has 0 aliphatic carbocycles. The summed E-state index contributed by atoms with van der Waals surface area (Å²) in [7, 11) is 1.51. The minimum Gasteiger partial charge on any atom is -0.507 e. The molecule has 0 spiro atoms. The summed E-state index contributed by atoms with van der Waals surface area (Å²) in [4.78, 5) is 31.8. The molecule has 0 bridgehead atoms. The van der Waals surface area contributed by atoms with E-state index in [9.17, 15) is 14.7 Å². The van der Waals surface area contributed by atoms with E-state index in [0.29, 0.717) is 35.1 Å². The van der Waals surface area contributed by atoms with Crippen LogP contribution in [0.1, 0.15) is 24.1 Å². The van der Waals surface area contributed by atoms with Gasteiger partial charge in [-0.3, -0.25) is 14.5 Å². The Bertz CT molecular complexity index is 1170. The number of rotatable bonds is 6. The zero-order chi connectivity index (χ0) is 22.7. The lowest BCUT2D eigenvalue weighted by Crippen LogP contribution is -2.30. The van der Waals surface area contributed by atoms with E-state index in [1.807, 2.05) is 6.92 Å². The summed E-state index contributed by atoms with van der Waals surface area (Å²) >= 11 is 0. The molecule has 0 radical (unpaired) electrons. The lowest BCUT2D eigenvalue weighted by Gasteiger charge is -2.24. The topological polar surface area (TPSA) is 89.0 Å². The molecule has 7 nitrogen and oxygen atoms in total. The summed E-state index contributed by atoms with van der Waals surface area (Å²) < 4.78 is 10.7. The largest absolute Gasteiger partial charge is 0.507 e. The van der Waals surface area contributed by atoms with Gasteiger partial charge in [-0.15, -0.1) is 0 Å². The van der Waals surface area contributed by atoms with Crippen molar-refractivity contribution in [3.63, 3.8) is 0 Å².